The lowest BCUT2D eigenvalue weighted by Crippen LogP contribution is -2.38. The van der Waals surface area contributed by atoms with E-state index in [9.17, 15) is 9.90 Å². The third-order valence-electron chi connectivity index (χ3n) is 4.57. The molecule has 0 fully saturated rings. The Labute approximate surface area is 141 Å². The molecule has 2 heterocycles. The van der Waals surface area contributed by atoms with Crippen molar-refractivity contribution >= 4 is 32.7 Å². The molecule has 3 aromatic rings. The summed E-state index contributed by atoms with van der Waals surface area (Å²) < 4.78 is 0.921. The molecule has 1 amide bonds. The quantitative estimate of drug-likeness (QED) is 0.646. The lowest BCUT2D eigenvalue weighted by molar-refractivity contribution is 0.0944. The van der Waals surface area contributed by atoms with Crippen LogP contribution in [0, 0.1) is 0 Å². The maximum atomic E-state index is 12.4. The molecule has 0 radical (unpaired) electrons. The van der Waals surface area contributed by atoms with Crippen LogP contribution in [0.25, 0.3) is 10.9 Å². The number of amides is 1. The maximum absolute atomic E-state index is 12.4. The van der Waals surface area contributed by atoms with Crippen LogP contribution >= 0.6 is 15.9 Å². The van der Waals surface area contributed by atoms with E-state index in [-0.39, 0.29) is 12.5 Å². The zero-order valence-corrected chi connectivity index (χ0v) is 14.1. The van der Waals surface area contributed by atoms with Crippen LogP contribution in [0.2, 0.25) is 0 Å². The molecule has 23 heavy (non-hydrogen) atoms. The summed E-state index contributed by atoms with van der Waals surface area (Å²) in [5, 5.41) is 13.9. The van der Waals surface area contributed by atoms with E-state index >= 15 is 0 Å². The number of carbonyl (C=O) groups is 1. The highest BCUT2D eigenvalue weighted by Gasteiger charge is 2.43. The molecule has 0 aliphatic carbocycles. The van der Waals surface area contributed by atoms with Crippen LogP contribution in [0.15, 0.2) is 46.9 Å². The number of halogens is 1. The van der Waals surface area contributed by atoms with Crippen LogP contribution in [-0.4, -0.2) is 16.0 Å². The first kappa shape index (κ1) is 14.5. The Morgan fingerprint density at radius 3 is 2.78 bits per heavy atom. The number of H-pyrrole nitrogens is 1. The van der Waals surface area contributed by atoms with Crippen molar-refractivity contribution < 1.29 is 9.90 Å². The van der Waals surface area contributed by atoms with Gasteiger partial charge in [-0.1, -0.05) is 34.1 Å². The number of aromatic amines is 1. The minimum atomic E-state index is -0.687. The van der Waals surface area contributed by atoms with E-state index < -0.39 is 5.54 Å². The van der Waals surface area contributed by atoms with Gasteiger partial charge in [-0.2, -0.15) is 0 Å². The van der Waals surface area contributed by atoms with Crippen molar-refractivity contribution in [2.45, 2.75) is 19.1 Å². The van der Waals surface area contributed by atoms with Crippen LogP contribution in [-0.2, 0) is 12.1 Å². The number of benzene rings is 2. The average Bonchev–Trinajstić information content (AvgIpc) is 3.04. The lowest BCUT2D eigenvalue weighted by atomic mass is 9.83. The molecule has 4 nitrogen and oxygen atoms in total. The molecule has 1 aliphatic rings. The van der Waals surface area contributed by atoms with Crippen LogP contribution < -0.4 is 5.32 Å². The summed E-state index contributed by atoms with van der Waals surface area (Å²) in [5.41, 5.74) is 3.49. The Kier molecular flexibility index (Phi) is 3.11. The minimum Gasteiger partial charge on any atom is -0.390 e. The normalized spacial score (nSPS) is 19.9. The summed E-state index contributed by atoms with van der Waals surface area (Å²) in [5.74, 6) is -0.0934. The molecule has 0 bridgehead atoms. The van der Waals surface area contributed by atoms with Crippen LogP contribution in [0.5, 0.6) is 0 Å². The van der Waals surface area contributed by atoms with Crippen LogP contribution in [0.4, 0.5) is 0 Å². The van der Waals surface area contributed by atoms with Crippen molar-refractivity contribution in [3.8, 4) is 0 Å². The molecule has 1 aromatic heterocycles. The highest BCUT2D eigenvalue weighted by atomic mass is 79.9. The van der Waals surface area contributed by atoms with Crippen molar-refractivity contribution in [3.63, 3.8) is 0 Å². The van der Waals surface area contributed by atoms with Crippen molar-refractivity contribution in [3.05, 3.63) is 69.3 Å². The molecule has 1 atom stereocenters. The van der Waals surface area contributed by atoms with Crippen molar-refractivity contribution in [1.82, 2.24) is 10.3 Å². The first-order valence-corrected chi connectivity index (χ1v) is 8.17. The molecule has 0 spiro atoms. The van der Waals surface area contributed by atoms with Crippen LogP contribution in [0.1, 0.15) is 34.1 Å². The van der Waals surface area contributed by atoms with E-state index in [0.29, 0.717) is 5.56 Å². The largest absolute Gasteiger partial charge is 0.390 e. The molecule has 1 aliphatic heterocycles. The maximum Gasteiger partial charge on any atom is 0.252 e. The molecule has 0 saturated heterocycles. The smallest absolute Gasteiger partial charge is 0.252 e. The van der Waals surface area contributed by atoms with E-state index in [1.807, 2.05) is 49.4 Å². The summed E-state index contributed by atoms with van der Waals surface area (Å²) in [6.45, 7) is 1.87. The highest BCUT2D eigenvalue weighted by molar-refractivity contribution is 9.10. The number of hydrogen-bond donors (Lipinski definition) is 3. The van der Waals surface area contributed by atoms with Gasteiger partial charge < -0.3 is 15.4 Å². The topological polar surface area (TPSA) is 65.1 Å². The molecule has 2 aromatic carbocycles. The Morgan fingerprint density at radius 2 is 2.00 bits per heavy atom. The Hall–Kier alpha value is -2.11. The Balaban J connectivity index is 2.06. The number of hydrogen-bond acceptors (Lipinski definition) is 2. The number of fused-ring (bicyclic) bond motifs is 2. The predicted molar refractivity (Wildman–Crippen MR) is 92.3 cm³/mol. The van der Waals surface area contributed by atoms with Gasteiger partial charge in [0.1, 0.15) is 0 Å². The summed E-state index contributed by atoms with van der Waals surface area (Å²) in [7, 11) is 0. The summed E-state index contributed by atoms with van der Waals surface area (Å²) >= 11 is 3.49. The lowest BCUT2D eigenvalue weighted by Gasteiger charge is -2.27. The van der Waals surface area contributed by atoms with Gasteiger partial charge in [0.2, 0.25) is 0 Å². The van der Waals surface area contributed by atoms with Crippen molar-refractivity contribution in [2.75, 3.05) is 0 Å². The second-order valence-electron chi connectivity index (χ2n) is 5.95. The van der Waals surface area contributed by atoms with Gasteiger partial charge in [0.05, 0.1) is 12.1 Å². The van der Waals surface area contributed by atoms with E-state index in [0.717, 1.165) is 32.2 Å². The molecule has 4 rings (SSSR count). The van der Waals surface area contributed by atoms with Gasteiger partial charge in [-0.05, 0) is 36.8 Å². The molecule has 3 N–H and O–H groups in total. The number of aliphatic hydroxyl groups is 1. The number of para-hydroxylation sites is 1. The Morgan fingerprint density at radius 1 is 1.22 bits per heavy atom. The number of nitrogens with one attached hydrogen (secondary N) is 2. The van der Waals surface area contributed by atoms with Gasteiger partial charge in [0.15, 0.2) is 0 Å². The molecule has 1 unspecified atom stereocenters. The van der Waals surface area contributed by atoms with Gasteiger partial charge in [0.25, 0.3) is 5.91 Å². The fourth-order valence-corrected chi connectivity index (χ4v) is 3.94. The fourth-order valence-electron chi connectivity index (χ4n) is 3.57. The average molecular weight is 371 g/mol. The third-order valence-corrected chi connectivity index (χ3v) is 5.06. The van der Waals surface area contributed by atoms with E-state index in [4.69, 9.17) is 0 Å². The summed E-state index contributed by atoms with van der Waals surface area (Å²) in [6.07, 6.45) is 0. The number of carbonyl (C=O) groups excluding carboxylic acids is 1. The predicted octanol–water partition coefficient (Wildman–Crippen LogP) is 3.43. The first-order valence-electron chi connectivity index (χ1n) is 7.38. The zero-order valence-electron chi connectivity index (χ0n) is 12.5. The second kappa shape index (κ2) is 4.94. The monoisotopic (exact) mass is 370 g/mol. The molecule has 0 saturated carbocycles. The molecule has 116 valence electrons. The van der Waals surface area contributed by atoms with Gasteiger partial charge >= 0.3 is 0 Å². The number of rotatable bonds is 2. The minimum absolute atomic E-state index is 0.0934. The third kappa shape index (κ3) is 1.97. The summed E-state index contributed by atoms with van der Waals surface area (Å²) in [6, 6.07) is 13.6. The van der Waals surface area contributed by atoms with E-state index in [1.54, 1.807) is 0 Å². The Bertz CT molecular complexity index is 947. The highest BCUT2D eigenvalue weighted by Crippen LogP contribution is 2.42. The van der Waals surface area contributed by atoms with Crippen molar-refractivity contribution in [1.29, 1.82) is 0 Å². The van der Waals surface area contributed by atoms with E-state index in [1.165, 1.54) is 0 Å². The van der Waals surface area contributed by atoms with Crippen molar-refractivity contribution in [2.24, 2.45) is 0 Å². The molecular formula is C18H15BrN2O2. The fraction of sp³-hybridized carbons (Fsp3) is 0.167. The number of aliphatic hydroxyl groups excluding tert-OH is 1. The first-order chi connectivity index (χ1) is 11.0. The standard InChI is InChI=1S/C18H15BrN2O2/c1-18(13-8-10(19)6-7-11(13)17(23)21-18)16-12-4-2-3-5-14(12)20-15(16)9-22/h2-8,20,22H,9H2,1H3,(H,21,23). The van der Waals surface area contributed by atoms with Gasteiger partial charge in [-0.15, -0.1) is 0 Å². The van der Waals surface area contributed by atoms with Crippen LogP contribution in [0.3, 0.4) is 0 Å². The SMILES string of the molecule is CC1(c2c(CO)[nH]c3ccccc23)NC(=O)c2ccc(Br)cc21. The summed E-state index contributed by atoms with van der Waals surface area (Å²) in [4.78, 5) is 15.7. The molecular weight excluding hydrogens is 356 g/mol. The zero-order chi connectivity index (χ0) is 16.2. The molecule has 5 heteroatoms. The van der Waals surface area contributed by atoms with E-state index in [2.05, 4.69) is 26.2 Å². The van der Waals surface area contributed by atoms with Gasteiger partial charge in [-0.3, -0.25) is 4.79 Å². The van der Waals surface area contributed by atoms with Gasteiger partial charge in [0, 0.05) is 32.2 Å². The number of aromatic nitrogens is 1. The van der Waals surface area contributed by atoms with Gasteiger partial charge in [-0.25, -0.2) is 0 Å². The second-order valence-corrected chi connectivity index (χ2v) is 6.87.